The Morgan fingerprint density at radius 1 is 1.14 bits per heavy atom. The fourth-order valence-electron chi connectivity index (χ4n) is 3.17. The average molecular weight is 411 g/mol. The van der Waals surface area contributed by atoms with E-state index in [0.717, 1.165) is 0 Å². The van der Waals surface area contributed by atoms with E-state index in [4.69, 9.17) is 4.74 Å². The van der Waals surface area contributed by atoms with Gasteiger partial charge in [-0.05, 0) is 37.3 Å². The highest BCUT2D eigenvalue weighted by molar-refractivity contribution is 7.92. The van der Waals surface area contributed by atoms with Gasteiger partial charge in [0.05, 0.1) is 17.1 Å². The highest BCUT2D eigenvalue weighted by Gasteiger charge is 2.19. The van der Waals surface area contributed by atoms with Crippen LogP contribution in [0.2, 0.25) is 0 Å². The van der Waals surface area contributed by atoms with Crippen LogP contribution in [0.3, 0.4) is 0 Å². The number of H-pyrrole nitrogens is 2. The van der Waals surface area contributed by atoms with Crippen LogP contribution in [0.5, 0.6) is 0 Å². The Morgan fingerprint density at radius 2 is 1.90 bits per heavy atom. The van der Waals surface area contributed by atoms with Gasteiger partial charge >= 0.3 is 5.97 Å². The molecular formula is C20H17N3O5S. The van der Waals surface area contributed by atoms with Gasteiger partial charge < -0.3 is 14.7 Å². The van der Waals surface area contributed by atoms with E-state index in [9.17, 15) is 18.0 Å². The maximum atomic E-state index is 12.6. The number of benzene rings is 2. The first kappa shape index (κ1) is 18.8. The fraction of sp³-hybridized carbons (Fsp3) is 0.100. The van der Waals surface area contributed by atoms with Crippen LogP contribution >= 0.6 is 0 Å². The summed E-state index contributed by atoms with van der Waals surface area (Å²) in [6.07, 6.45) is 1.41. The van der Waals surface area contributed by atoms with Gasteiger partial charge in [-0.15, -0.1) is 0 Å². The second kappa shape index (κ2) is 7.10. The highest BCUT2D eigenvalue weighted by Crippen LogP contribution is 2.28. The van der Waals surface area contributed by atoms with E-state index in [1.54, 1.807) is 43.3 Å². The molecule has 0 saturated heterocycles. The molecular weight excluding hydrogens is 394 g/mol. The second-order valence-electron chi connectivity index (χ2n) is 6.31. The number of nitrogens with one attached hydrogen (secondary N) is 3. The van der Waals surface area contributed by atoms with Crippen molar-refractivity contribution in [2.45, 2.75) is 11.8 Å². The molecule has 0 radical (unpaired) electrons. The summed E-state index contributed by atoms with van der Waals surface area (Å²) < 4.78 is 32.8. The standard InChI is InChI=1S/C20H17N3O5S/c1-2-28-20(25)15-11-21-18-17(15)14-10-12(8-9-16(14)22-19(18)24)23-29(26,27)13-6-4-3-5-7-13/h3-11,21,23H,2H2,1H3,(H,22,24). The van der Waals surface area contributed by atoms with Crippen LogP contribution in [0.15, 0.2) is 64.4 Å². The Balaban J connectivity index is 1.88. The number of aromatic amines is 2. The first-order chi connectivity index (χ1) is 13.9. The molecule has 29 heavy (non-hydrogen) atoms. The maximum absolute atomic E-state index is 12.6. The fourth-order valence-corrected chi connectivity index (χ4v) is 4.24. The number of carbonyl (C=O) groups is 1. The molecule has 3 N–H and O–H groups in total. The lowest BCUT2D eigenvalue weighted by Gasteiger charge is -2.10. The number of fused-ring (bicyclic) bond motifs is 3. The van der Waals surface area contributed by atoms with Crippen LogP contribution in [-0.2, 0) is 14.8 Å². The van der Waals surface area contributed by atoms with Crippen molar-refractivity contribution in [1.29, 1.82) is 0 Å². The third-order valence-electron chi connectivity index (χ3n) is 4.45. The lowest BCUT2D eigenvalue weighted by Crippen LogP contribution is -2.13. The van der Waals surface area contributed by atoms with E-state index >= 15 is 0 Å². The van der Waals surface area contributed by atoms with Crippen molar-refractivity contribution in [2.24, 2.45) is 0 Å². The average Bonchev–Trinajstić information content (AvgIpc) is 3.15. The molecule has 0 aliphatic carbocycles. The van der Waals surface area contributed by atoms with E-state index in [2.05, 4.69) is 14.7 Å². The summed E-state index contributed by atoms with van der Waals surface area (Å²) in [5.41, 5.74) is 0.798. The molecule has 0 bridgehead atoms. The van der Waals surface area contributed by atoms with E-state index in [0.29, 0.717) is 22.0 Å². The number of sulfonamides is 1. The molecule has 2 aromatic carbocycles. The lowest BCUT2D eigenvalue weighted by atomic mass is 10.1. The van der Waals surface area contributed by atoms with Gasteiger partial charge in [-0.1, -0.05) is 18.2 Å². The Hall–Kier alpha value is -3.59. The van der Waals surface area contributed by atoms with Crippen LogP contribution in [0.25, 0.3) is 21.8 Å². The summed E-state index contributed by atoms with van der Waals surface area (Å²) in [6.45, 7) is 1.88. The van der Waals surface area contributed by atoms with Crippen LogP contribution in [0.4, 0.5) is 5.69 Å². The molecule has 2 aromatic heterocycles. The number of anilines is 1. The molecule has 0 aliphatic rings. The third kappa shape index (κ3) is 3.36. The summed E-state index contributed by atoms with van der Waals surface area (Å²) in [5.74, 6) is -0.569. The zero-order chi connectivity index (χ0) is 20.6. The molecule has 4 aromatic rings. The molecule has 148 valence electrons. The van der Waals surface area contributed by atoms with Crippen LogP contribution < -0.4 is 10.3 Å². The van der Waals surface area contributed by atoms with Crippen molar-refractivity contribution in [1.82, 2.24) is 9.97 Å². The topological polar surface area (TPSA) is 121 Å². The molecule has 0 fully saturated rings. The van der Waals surface area contributed by atoms with Crippen molar-refractivity contribution >= 4 is 43.5 Å². The smallest absolute Gasteiger partial charge is 0.340 e. The number of rotatable bonds is 5. The Kier molecular flexibility index (Phi) is 4.59. The maximum Gasteiger partial charge on any atom is 0.340 e. The molecule has 0 aliphatic heterocycles. The Morgan fingerprint density at radius 3 is 2.62 bits per heavy atom. The minimum atomic E-state index is -3.79. The minimum absolute atomic E-state index is 0.126. The monoisotopic (exact) mass is 411 g/mol. The van der Waals surface area contributed by atoms with Crippen LogP contribution in [-0.4, -0.2) is 31.0 Å². The normalized spacial score (nSPS) is 11.6. The number of pyridine rings is 1. The summed E-state index contributed by atoms with van der Waals surface area (Å²) in [4.78, 5) is 30.3. The second-order valence-corrected chi connectivity index (χ2v) is 7.99. The highest BCUT2D eigenvalue weighted by atomic mass is 32.2. The predicted molar refractivity (Wildman–Crippen MR) is 110 cm³/mol. The van der Waals surface area contributed by atoms with E-state index in [1.165, 1.54) is 18.3 Å². The third-order valence-corrected chi connectivity index (χ3v) is 5.84. The van der Waals surface area contributed by atoms with Gasteiger partial charge in [-0.2, -0.15) is 0 Å². The Labute approximate surface area is 165 Å². The molecule has 0 atom stereocenters. The molecule has 0 amide bonds. The van der Waals surface area contributed by atoms with Gasteiger partial charge in [0, 0.05) is 28.2 Å². The quantitative estimate of drug-likeness (QED) is 0.436. The largest absolute Gasteiger partial charge is 0.462 e. The summed E-state index contributed by atoms with van der Waals surface area (Å²) in [5, 5.41) is 0.889. The van der Waals surface area contributed by atoms with Gasteiger partial charge in [-0.3, -0.25) is 9.52 Å². The van der Waals surface area contributed by atoms with Gasteiger partial charge in [0.2, 0.25) is 0 Å². The molecule has 4 rings (SSSR count). The van der Waals surface area contributed by atoms with Gasteiger partial charge in [0.25, 0.3) is 15.6 Å². The zero-order valence-corrected chi connectivity index (χ0v) is 16.2. The number of ether oxygens (including phenoxy) is 1. The SMILES string of the molecule is CCOC(=O)c1c[nH]c2c(=O)[nH]c3ccc(NS(=O)(=O)c4ccccc4)cc3c12. The summed E-state index contributed by atoms with van der Waals surface area (Å²) in [6, 6.07) is 12.7. The number of hydrogen-bond donors (Lipinski definition) is 3. The molecule has 0 spiro atoms. The van der Waals surface area contributed by atoms with E-state index < -0.39 is 16.0 Å². The molecule has 8 nitrogen and oxygen atoms in total. The van der Waals surface area contributed by atoms with Crippen molar-refractivity contribution in [3.05, 3.63) is 70.6 Å². The summed E-state index contributed by atoms with van der Waals surface area (Å²) in [7, 11) is -3.79. The first-order valence-electron chi connectivity index (χ1n) is 8.83. The minimum Gasteiger partial charge on any atom is -0.462 e. The molecule has 2 heterocycles. The molecule has 9 heteroatoms. The van der Waals surface area contributed by atoms with Crippen molar-refractivity contribution in [2.75, 3.05) is 11.3 Å². The molecule has 0 saturated carbocycles. The number of esters is 1. The molecule has 0 unspecified atom stereocenters. The summed E-state index contributed by atoms with van der Waals surface area (Å²) >= 11 is 0. The number of aromatic nitrogens is 2. The van der Waals surface area contributed by atoms with Gasteiger partial charge in [0.15, 0.2) is 0 Å². The van der Waals surface area contributed by atoms with Crippen LogP contribution in [0.1, 0.15) is 17.3 Å². The zero-order valence-electron chi connectivity index (χ0n) is 15.4. The Bertz CT molecular complexity index is 1390. The van der Waals surface area contributed by atoms with Gasteiger partial charge in [-0.25, -0.2) is 13.2 Å². The van der Waals surface area contributed by atoms with E-state index in [1.807, 2.05) is 0 Å². The number of hydrogen-bond acceptors (Lipinski definition) is 5. The first-order valence-corrected chi connectivity index (χ1v) is 10.3. The van der Waals surface area contributed by atoms with Crippen LogP contribution in [0, 0.1) is 0 Å². The van der Waals surface area contributed by atoms with E-state index in [-0.39, 0.29) is 28.1 Å². The lowest BCUT2D eigenvalue weighted by molar-refractivity contribution is 0.0529. The van der Waals surface area contributed by atoms with Crippen molar-refractivity contribution in [3.8, 4) is 0 Å². The number of carbonyl (C=O) groups excluding carboxylic acids is 1. The van der Waals surface area contributed by atoms with Gasteiger partial charge in [0.1, 0.15) is 5.52 Å². The van der Waals surface area contributed by atoms with Crippen molar-refractivity contribution in [3.63, 3.8) is 0 Å². The van der Waals surface area contributed by atoms with Crippen molar-refractivity contribution < 1.29 is 17.9 Å². The predicted octanol–water partition coefficient (Wildman–Crippen LogP) is 2.99.